The molecule has 4 rings (SSSR count). The second kappa shape index (κ2) is 10.2. The fourth-order valence-electron chi connectivity index (χ4n) is 4.00. The van der Waals surface area contributed by atoms with E-state index >= 15 is 0 Å². The number of hydrogen-bond donors (Lipinski definition) is 3. The molecule has 182 valence electrons. The average Bonchev–Trinajstić information content (AvgIpc) is 3.58. The molecule has 1 saturated carbocycles. The van der Waals surface area contributed by atoms with Crippen LogP contribution < -0.4 is 25.4 Å². The SMILES string of the molecule is COc1ccc(F)c(N2NNC(COc3cccc([C@@H](CC(=O)O)C4CC4)c3)=C2OC(C)C)c1. The highest BCUT2D eigenvalue weighted by atomic mass is 19.1. The number of carboxylic acids is 1. The fraction of sp³-hybridized carbons (Fsp3) is 0.400. The van der Waals surface area contributed by atoms with Gasteiger partial charge in [-0.1, -0.05) is 12.1 Å². The van der Waals surface area contributed by atoms with Crippen LogP contribution in [0, 0.1) is 11.7 Å². The molecule has 0 saturated heterocycles. The van der Waals surface area contributed by atoms with E-state index in [-0.39, 0.29) is 30.7 Å². The van der Waals surface area contributed by atoms with Gasteiger partial charge in [-0.2, -0.15) is 0 Å². The van der Waals surface area contributed by atoms with Crippen LogP contribution in [-0.2, 0) is 9.53 Å². The molecule has 0 unspecified atom stereocenters. The Morgan fingerprint density at radius 1 is 1.21 bits per heavy atom. The molecule has 0 bridgehead atoms. The van der Waals surface area contributed by atoms with E-state index < -0.39 is 11.8 Å². The number of ether oxygens (including phenoxy) is 3. The zero-order valence-corrected chi connectivity index (χ0v) is 19.5. The molecule has 0 aromatic heterocycles. The lowest BCUT2D eigenvalue weighted by atomic mass is 9.91. The molecule has 8 nitrogen and oxygen atoms in total. The van der Waals surface area contributed by atoms with E-state index in [9.17, 15) is 14.3 Å². The molecule has 3 N–H and O–H groups in total. The van der Waals surface area contributed by atoms with Crippen molar-refractivity contribution < 1.29 is 28.5 Å². The summed E-state index contributed by atoms with van der Waals surface area (Å²) in [6.45, 7) is 3.90. The molecule has 1 aliphatic heterocycles. The van der Waals surface area contributed by atoms with Gasteiger partial charge in [0.25, 0.3) is 0 Å². The maximum absolute atomic E-state index is 14.6. The van der Waals surface area contributed by atoms with Gasteiger partial charge in [-0.15, -0.1) is 5.53 Å². The molecule has 0 spiro atoms. The number of hydrazine groups is 2. The van der Waals surface area contributed by atoms with E-state index in [1.807, 2.05) is 38.1 Å². The Kier molecular flexibility index (Phi) is 7.12. The van der Waals surface area contributed by atoms with Gasteiger partial charge in [0.05, 0.1) is 19.6 Å². The number of halogens is 1. The van der Waals surface area contributed by atoms with Gasteiger partial charge in [0.15, 0.2) is 0 Å². The summed E-state index contributed by atoms with van der Waals surface area (Å²) in [5.41, 5.74) is 7.72. The minimum atomic E-state index is -0.796. The first-order chi connectivity index (χ1) is 16.4. The number of nitrogens with zero attached hydrogens (tertiary/aromatic N) is 1. The van der Waals surface area contributed by atoms with Gasteiger partial charge in [0.1, 0.15) is 35.3 Å². The number of hydrogen-bond acceptors (Lipinski definition) is 7. The summed E-state index contributed by atoms with van der Waals surface area (Å²) in [6, 6.07) is 12.0. The third kappa shape index (κ3) is 5.53. The third-order valence-corrected chi connectivity index (χ3v) is 5.78. The third-order valence-electron chi connectivity index (χ3n) is 5.78. The van der Waals surface area contributed by atoms with E-state index in [1.54, 1.807) is 12.1 Å². The predicted octanol–water partition coefficient (Wildman–Crippen LogP) is 4.30. The highest BCUT2D eigenvalue weighted by molar-refractivity contribution is 5.68. The smallest absolute Gasteiger partial charge is 0.303 e. The van der Waals surface area contributed by atoms with Crippen LogP contribution >= 0.6 is 0 Å². The number of nitrogens with one attached hydrogen (secondary N) is 2. The summed E-state index contributed by atoms with van der Waals surface area (Å²) < 4.78 is 31.8. The molecule has 1 atom stereocenters. The van der Waals surface area contributed by atoms with E-state index in [4.69, 9.17) is 14.2 Å². The minimum Gasteiger partial charge on any atom is -0.497 e. The number of carbonyl (C=O) groups is 1. The van der Waals surface area contributed by atoms with Gasteiger partial charge in [0, 0.05) is 6.07 Å². The zero-order chi connectivity index (χ0) is 24.2. The quantitative estimate of drug-likeness (QED) is 0.447. The maximum atomic E-state index is 14.6. The van der Waals surface area contributed by atoms with Gasteiger partial charge >= 0.3 is 5.97 Å². The Morgan fingerprint density at radius 2 is 2.00 bits per heavy atom. The standard InChI is InChI=1S/C25H30FN3O5/c1-15(2)34-25-22(27-28-29(25)23-12-18(32-3)9-10-21(23)26)14-33-19-6-4-5-17(11-19)20(13-24(30)31)16-7-8-16/h4-6,9-12,15-16,20,27-28H,7-8,13-14H2,1-3H3,(H,30,31)/t20-/m0/s1. The van der Waals surface area contributed by atoms with Gasteiger partial charge in [-0.05, 0) is 68.4 Å². The Balaban J connectivity index is 1.54. The molecule has 9 heteroatoms. The highest BCUT2D eigenvalue weighted by Gasteiger charge is 2.34. The molecule has 1 fully saturated rings. The van der Waals surface area contributed by atoms with Crippen molar-refractivity contribution in [2.45, 2.75) is 45.1 Å². The maximum Gasteiger partial charge on any atom is 0.303 e. The van der Waals surface area contributed by atoms with Crippen LogP contribution in [0.1, 0.15) is 44.6 Å². The molecule has 1 heterocycles. The zero-order valence-electron chi connectivity index (χ0n) is 19.5. The number of rotatable bonds is 11. The highest BCUT2D eigenvalue weighted by Crippen LogP contribution is 2.45. The van der Waals surface area contributed by atoms with Gasteiger partial charge in [0.2, 0.25) is 5.88 Å². The molecule has 0 radical (unpaired) electrons. The Morgan fingerprint density at radius 3 is 2.68 bits per heavy atom. The molecule has 2 aliphatic rings. The van der Waals surface area contributed by atoms with Crippen molar-refractivity contribution in [1.82, 2.24) is 11.0 Å². The van der Waals surface area contributed by atoms with E-state index in [0.717, 1.165) is 18.4 Å². The first-order valence-electron chi connectivity index (χ1n) is 11.4. The lowest BCUT2D eigenvalue weighted by Gasteiger charge is -2.23. The Hall–Kier alpha value is -3.46. The molecule has 2 aromatic carbocycles. The van der Waals surface area contributed by atoms with E-state index in [0.29, 0.717) is 29.0 Å². The largest absolute Gasteiger partial charge is 0.497 e. The lowest BCUT2D eigenvalue weighted by Crippen LogP contribution is -2.39. The molecular formula is C25H30FN3O5. The summed E-state index contributed by atoms with van der Waals surface area (Å²) in [4.78, 5) is 11.3. The minimum absolute atomic E-state index is 0.0158. The van der Waals surface area contributed by atoms with Crippen molar-refractivity contribution in [1.29, 1.82) is 0 Å². The van der Waals surface area contributed by atoms with Gasteiger partial charge in [-0.3, -0.25) is 10.2 Å². The summed E-state index contributed by atoms with van der Waals surface area (Å²) in [6.07, 6.45) is 2.05. The second-order valence-electron chi connectivity index (χ2n) is 8.74. The van der Waals surface area contributed by atoms with Crippen LogP contribution in [0.25, 0.3) is 0 Å². The summed E-state index contributed by atoms with van der Waals surface area (Å²) >= 11 is 0. The monoisotopic (exact) mass is 471 g/mol. The number of carboxylic acid groups (broad SMARTS) is 1. The number of methoxy groups -OCH3 is 1. The van der Waals surface area contributed by atoms with Crippen molar-refractivity contribution >= 4 is 11.7 Å². The summed E-state index contributed by atoms with van der Waals surface area (Å²) in [7, 11) is 1.52. The van der Waals surface area contributed by atoms with E-state index in [2.05, 4.69) is 11.0 Å². The Labute approximate surface area is 198 Å². The van der Waals surface area contributed by atoms with E-state index in [1.165, 1.54) is 18.2 Å². The van der Waals surface area contributed by atoms with Crippen molar-refractivity contribution in [2.75, 3.05) is 18.7 Å². The first kappa shape index (κ1) is 23.7. The van der Waals surface area contributed by atoms with Crippen molar-refractivity contribution in [2.24, 2.45) is 5.92 Å². The van der Waals surface area contributed by atoms with Crippen molar-refractivity contribution in [3.8, 4) is 11.5 Å². The van der Waals surface area contributed by atoms with Crippen LogP contribution in [-0.4, -0.2) is 30.9 Å². The van der Waals surface area contributed by atoms with Crippen LogP contribution in [0.3, 0.4) is 0 Å². The molecule has 1 aliphatic carbocycles. The van der Waals surface area contributed by atoms with Gasteiger partial charge < -0.3 is 19.3 Å². The normalized spacial score (nSPS) is 16.4. The van der Waals surface area contributed by atoms with Crippen LogP contribution in [0.4, 0.5) is 10.1 Å². The van der Waals surface area contributed by atoms with Crippen molar-refractivity contribution in [3.63, 3.8) is 0 Å². The number of anilines is 1. The Bertz CT molecular complexity index is 1070. The summed E-state index contributed by atoms with van der Waals surface area (Å²) in [5, 5.41) is 10.8. The summed E-state index contributed by atoms with van der Waals surface area (Å²) in [5.74, 6) is 0.673. The number of benzene rings is 2. The lowest BCUT2D eigenvalue weighted by molar-refractivity contribution is -0.137. The molecule has 2 aromatic rings. The average molecular weight is 472 g/mol. The second-order valence-corrected chi connectivity index (χ2v) is 8.74. The topological polar surface area (TPSA) is 92.3 Å². The van der Waals surface area contributed by atoms with Crippen LogP contribution in [0.15, 0.2) is 54.0 Å². The predicted molar refractivity (Wildman–Crippen MR) is 125 cm³/mol. The first-order valence-corrected chi connectivity index (χ1v) is 11.4. The van der Waals surface area contributed by atoms with Crippen LogP contribution in [0.5, 0.6) is 11.5 Å². The number of aliphatic carboxylic acids is 1. The van der Waals surface area contributed by atoms with Gasteiger partial charge in [-0.25, -0.2) is 9.40 Å². The van der Waals surface area contributed by atoms with Crippen LogP contribution in [0.2, 0.25) is 0 Å². The fourth-order valence-corrected chi connectivity index (χ4v) is 4.00. The molecule has 0 amide bonds. The molecule has 34 heavy (non-hydrogen) atoms. The van der Waals surface area contributed by atoms with Crippen molar-refractivity contribution in [3.05, 3.63) is 65.4 Å². The molecular weight excluding hydrogens is 441 g/mol.